The average molecular weight is 218 g/mol. The Bertz CT molecular complexity index is 360. The molecule has 1 heterocycles. The fraction of sp³-hybridized carbons (Fsp3) is 0.571. The third-order valence-corrected chi connectivity index (χ3v) is 3.20. The van der Waals surface area contributed by atoms with Gasteiger partial charge in [-0.05, 0) is 31.9 Å². The van der Waals surface area contributed by atoms with Crippen LogP contribution in [-0.4, -0.2) is 19.1 Å². The number of aryl methyl sites for hydroxylation is 1. The van der Waals surface area contributed by atoms with E-state index in [1.165, 1.54) is 23.2 Å². The van der Waals surface area contributed by atoms with Crippen molar-refractivity contribution < 1.29 is 0 Å². The number of hydrogen-bond donors (Lipinski definition) is 1. The van der Waals surface area contributed by atoms with Gasteiger partial charge in [-0.3, -0.25) is 0 Å². The first-order chi connectivity index (χ1) is 7.70. The lowest BCUT2D eigenvalue weighted by molar-refractivity contribution is 0.552. The molecule has 0 amide bonds. The summed E-state index contributed by atoms with van der Waals surface area (Å²) in [5.41, 5.74) is 4.22. The summed E-state index contributed by atoms with van der Waals surface area (Å²) in [5.74, 6) is 0. The van der Waals surface area contributed by atoms with Crippen molar-refractivity contribution >= 4 is 5.69 Å². The maximum Gasteiger partial charge on any atom is 0.0412 e. The van der Waals surface area contributed by atoms with Crippen LogP contribution >= 0.6 is 0 Å². The Morgan fingerprint density at radius 3 is 3.00 bits per heavy atom. The zero-order valence-electron chi connectivity index (χ0n) is 10.6. The predicted molar refractivity (Wildman–Crippen MR) is 70.0 cm³/mol. The van der Waals surface area contributed by atoms with Crippen LogP contribution in [0.2, 0.25) is 0 Å². The lowest BCUT2D eigenvalue weighted by atomic mass is 10.1. The monoisotopic (exact) mass is 218 g/mol. The Morgan fingerprint density at radius 1 is 1.44 bits per heavy atom. The molecule has 0 radical (unpaired) electrons. The molecule has 0 spiro atoms. The van der Waals surface area contributed by atoms with Gasteiger partial charge in [0.2, 0.25) is 0 Å². The van der Waals surface area contributed by atoms with Crippen LogP contribution in [-0.2, 0) is 6.54 Å². The number of fused-ring (bicyclic) bond motifs is 1. The SMILES string of the molecule is CCCN1CC(C)NCc2cc(C)ccc21. The van der Waals surface area contributed by atoms with Gasteiger partial charge in [-0.2, -0.15) is 0 Å². The molecule has 2 heteroatoms. The molecule has 1 N–H and O–H groups in total. The molecule has 1 aliphatic rings. The quantitative estimate of drug-likeness (QED) is 0.821. The molecular formula is C14H22N2. The van der Waals surface area contributed by atoms with Crippen LogP contribution in [0.5, 0.6) is 0 Å². The average Bonchev–Trinajstić information content (AvgIpc) is 2.39. The van der Waals surface area contributed by atoms with Gasteiger partial charge in [0.25, 0.3) is 0 Å². The fourth-order valence-electron chi connectivity index (χ4n) is 2.42. The van der Waals surface area contributed by atoms with Gasteiger partial charge < -0.3 is 10.2 Å². The fourth-order valence-corrected chi connectivity index (χ4v) is 2.42. The van der Waals surface area contributed by atoms with E-state index in [0.29, 0.717) is 6.04 Å². The molecule has 2 rings (SSSR count). The molecule has 2 nitrogen and oxygen atoms in total. The van der Waals surface area contributed by atoms with E-state index in [1.54, 1.807) is 0 Å². The van der Waals surface area contributed by atoms with Gasteiger partial charge >= 0.3 is 0 Å². The van der Waals surface area contributed by atoms with E-state index in [2.05, 4.69) is 49.2 Å². The Morgan fingerprint density at radius 2 is 2.25 bits per heavy atom. The van der Waals surface area contributed by atoms with Gasteiger partial charge in [0.05, 0.1) is 0 Å². The van der Waals surface area contributed by atoms with Crippen molar-refractivity contribution in [3.05, 3.63) is 29.3 Å². The van der Waals surface area contributed by atoms with E-state index < -0.39 is 0 Å². The maximum absolute atomic E-state index is 3.57. The van der Waals surface area contributed by atoms with Crippen LogP contribution in [0, 0.1) is 6.92 Å². The van der Waals surface area contributed by atoms with Gasteiger partial charge in [0, 0.05) is 31.4 Å². The minimum absolute atomic E-state index is 0.569. The molecule has 1 aromatic rings. The normalized spacial score (nSPS) is 20.4. The number of anilines is 1. The van der Waals surface area contributed by atoms with Crippen LogP contribution in [0.4, 0.5) is 5.69 Å². The molecule has 0 fully saturated rings. The summed E-state index contributed by atoms with van der Waals surface area (Å²) in [6, 6.07) is 7.37. The number of benzene rings is 1. The van der Waals surface area contributed by atoms with E-state index in [9.17, 15) is 0 Å². The van der Waals surface area contributed by atoms with Gasteiger partial charge in [-0.25, -0.2) is 0 Å². The Hall–Kier alpha value is -1.02. The molecule has 0 saturated carbocycles. The molecule has 16 heavy (non-hydrogen) atoms. The van der Waals surface area contributed by atoms with E-state index in [0.717, 1.165) is 19.6 Å². The molecule has 0 aliphatic carbocycles. The molecule has 1 unspecified atom stereocenters. The largest absolute Gasteiger partial charge is 0.370 e. The summed E-state index contributed by atoms with van der Waals surface area (Å²) in [6.45, 7) is 9.95. The van der Waals surface area contributed by atoms with Crippen LogP contribution in [0.3, 0.4) is 0 Å². The van der Waals surface area contributed by atoms with Gasteiger partial charge in [-0.1, -0.05) is 24.6 Å². The second-order valence-corrected chi connectivity index (χ2v) is 4.86. The molecule has 0 saturated heterocycles. The van der Waals surface area contributed by atoms with E-state index >= 15 is 0 Å². The predicted octanol–water partition coefficient (Wildman–Crippen LogP) is 2.70. The summed E-state index contributed by atoms with van der Waals surface area (Å²) in [5, 5.41) is 3.57. The number of nitrogens with zero attached hydrogens (tertiary/aromatic N) is 1. The van der Waals surface area contributed by atoms with Crippen LogP contribution in [0.1, 0.15) is 31.4 Å². The highest BCUT2D eigenvalue weighted by Gasteiger charge is 2.17. The van der Waals surface area contributed by atoms with Crippen molar-refractivity contribution in [2.24, 2.45) is 0 Å². The Labute approximate surface area is 98.7 Å². The first kappa shape index (κ1) is 11.5. The Balaban J connectivity index is 2.33. The van der Waals surface area contributed by atoms with Crippen molar-refractivity contribution in [3.8, 4) is 0 Å². The Kier molecular flexibility index (Phi) is 3.49. The zero-order chi connectivity index (χ0) is 11.5. The molecule has 1 aliphatic heterocycles. The van der Waals surface area contributed by atoms with Crippen molar-refractivity contribution in [2.45, 2.75) is 39.8 Å². The minimum atomic E-state index is 0.569. The summed E-state index contributed by atoms with van der Waals surface area (Å²) >= 11 is 0. The summed E-state index contributed by atoms with van der Waals surface area (Å²) < 4.78 is 0. The summed E-state index contributed by atoms with van der Waals surface area (Å²) in [7, 11) is 0. The second-order valence-electron chi connectivity index (χ2n) is 4.86. The van der Waals surface area contributed by atoms with Gasteiger partial charge in [0.1, 0.15) is 0 Å². The molecular weight excluding hydrogens is 196 g/mol. The lowest BCUT2D eigenvalue weighted by Crippen LogP contribution is -2.36. The second kappa shape index (κ2) is 4.88. The van der Waals surface area contributed by atoms with Crippen molar-refractivity contribution in [1.29, 1.82) is 0 Å². The molecule has 0 aromatic heterocycles. The number of hydrogen-bond acceptors (Lipinski definition) is 2. The minimum Gasteiger partial charge on any atom is -0.370 e. The van der Waals surface area contributed by atoms with Crippen LogP contribution < -0.4 is 10.2 Å². The molecule has 1 aromatic carbocycles. The van der Waals surface area contributed by atoms with E-state index in [4.69, 9.17) is 0 Å². The van der Waals surface area contributed by atoms with E-state index in [-0.39, 0.29) is 0 Å². The standard InChI is InChI=1S/C14H22N2/c1-4-7-16-10-12(3)15-9-13-8-11(2)5-6-14(13)16/h5-6,8,12,15H,4,7,9-10H2,1-3H3. The topological polar surface area (TPSA) is 15.3 Å². The molecule has 88 valence electrons. The van der Waals surface area contributed by atoms with Crippen molar-refractivity contribution in [2.75, 3.05) is 18.0 Å². The van der Waals surface area contributed by atoms with Crippen LogP contribution in [0.15, 0.2) is 18.2 Å². The maximum atomic E-state index is 3.57. The first-order valence-electron chi connectivity index (χ1n) is 6.28. The summed E-state index contributed by atoms with van der Waals surface area (Å²) in [6.07, 6.45) is 1.21. The van der Waals surface area contributed by atoms with Gasteiger partial charge in [-0.15, -0.1) is 0 Å². The summed E-state index contributed by atoms with van der Waals surface area (Å²) in [4.78, 5) is 2.51. The lowest BCUT2D eigenvalue weighted by Gasteiger charge is -2.26. The molecule has 0 bridgehead atoms. The highest BCUT2D eigenvalue weighted by Crippen LogP contribution is 2.24. The zero-order valence-corrected chi connectivity index (χ0v) is 10.6. The van der Waals surface area contributed by atoms with E-state index in [1.807, 2.05) is 0 Å². The number of nitrogens with one attached hydrogen (secondary N) is 1. The molecule has 1 atom stereocenters. The van der Waals surface area contributed by atoms with Gasteiger partial charge in [0.15, 0.2) is 0 Å². The third kappa shape index (κ3) is 2.38. The van der Waals surface area contributed by atoms with Crippen LogP contribution in [0.25, 0.3) is 0 Å². The van der Waals surface area contributed by atoms with Crippen molar-refractivity contribution in [3.63, 3.8) is 0 Å². The first-order valence-corrected chi connectivity index (χ1v) is 6.28. The highest BCUT2D eigenvalue weighted by atomic mass is 15.2. The highest BCUT2D eigenvalue weighted by molar-refractivity contribution is 5.55. The number of rotatable bonds is 2. The third-order valence-electron chi connectivity index (χ3n) is 3.20. The van der Waals surface area contributed by atoms with Crippen molar-refractivity contribution in [1.82, 2.24) is 5.32 Å². The smallest absolute Gasteiger partial charge is 0.0412 e.